The Kier molecular flexibility index (Phi) is 4.75. The van der Waals surface area contributed by atoms with Crippen LogP contribution in [0.25, 0.3) is 0 Å². The van der Waals surface area contributed by atoms with E-state index in [4.69, 9.17) is 4.74 Å². The molecule has 0 aliphatic carbocycles. The van der Waals surface area contributed by atoms with Crippen molar-refractivity contribution in [3.8, 4) is 5.75 Å². The van der Waals surface area contributed by atoms with Gasteiger partial charge in [0.05, 0.1) is 6.10 Å². The fourth-order valence-electron chi connectivity index (χ4n) is 1.96. The predicted molar refractivity (Wildman–Crippen MR) is 73.9 cm³/mol. The van der Waals surface area contributed by atoms with Gasteiger partial charge in [-0.2, -0.15) is 0 Å². The molecular weight excluding hydrogens is 230 g/mol. The lowest BCUT2D eigenvalue weighted by molar-refractivity contribution is 0.242. The number of ether oxygens (including phenoxy) is 1. The van der Waals surface area contributed by atoms with Crippen molar-refractivity contribution in [2.24, 2.45) is 5.92 Å². The van der Waals surface area contributed by atoms with Crippen LogP contribution in [-0.4, -0.2) is 24.9 Å². The van der Waals surface area contributed by atoms with Gasteiger partial charge < -0.3 is 10.1 Å². The maximum Gasteiger partial charge on any atom is 0.119 e. The van der Waals surface area contributed by atoms with Crippen LogP contribution in [0.5, 0.6) is 5.75 Å². The van der Waals surface area contributed by atoms with Crippen molar-refractivity contribution < 1.29 is 4.74 Å². The molecule has 0 radical (unpaired) electrons. The molecule has 0 aromatic heterocycles. The van der Waals surface area contributed by atoms with E-state index in [2.05, 4.69) is 43.4 Å². The van der Waals surface area contributed by atoms with Crippen LogP contribution < -0.4 is 10.1 Å². The van der Waals surface area contributed by atoms with Gasteiger partial charge in [-0.3, -0.25) is 0 Å². The van der Waals surface area contributed by atoms with Crippen molar-refractivity contribution in [2.45, 2.75) is 31.3 Å². The highest BCUT2D eigenvalue weighted by Crippen LogP contribution is 2.25. The molecule has 1 aliphatic heterocycles. The first-order valence-corrected chi connectivity index (χ1v) is 7.33. The van der Waals surface area contributed by atoms with Gasteiger partial charge in [0, 0.05) is 10.6 Å². The third-order valence-electron chi connectivity index (χ3n) is 2.84. The first-order valence-electron chi connectivity index (χ1n) is 6.34. The van der Waals surface area contributed by atoms with Crippen molar-refractivity contribution >= 4 is 11.8 Å². The minimum Gasteiger partial charge on any atom is -0.491 e. The summed E-state index contributed by atoms with van der Waals surface area (Å²) < 4.78 is 5.63. The van der Waals surface area contributed by atoms with E-state index in [-0.39, 0.29) is 6.10 Å². The second-order valence-electron chi connectivity index (χ2n) is 4.81. The molecule has 1 aliphatic rings. The smallest absolute Gasteiger partial charge is 0.119 e. The van der Waals surface area contributed by atoms with Crippen molar-refractivity contribution in [1.29, 1.82) is 0 Å². The van der Waals surface area contributed by atoms with Crippen molar-refractivity contribution in [3.05, 3.63) is 24.3 Å². The van der Waals surface area contributed by atoms with E-state index in [1.165, 1.54) is 30.2 Å². The molecule has 1 N–H and O–H groups in total. The third kappa shape index (κ3) is 4.25. The van der Waals surface area contributed by atoms with Crippen LogP contribution in [0.1, 0.15) is 20.3 Å². The average Bonchev–Trinajstić information content (AvgIpc) is 2.80. The van der Waals surface area contributed by atoms with E-state index in [9.17, 15) is 0 Å². The van der Waals surface area contributed by atoms with Gasteiger partial charge in [-0.1, -0.05) is 0 Å². The molecule has 0 saturated carbocycles. The molecule has 2 rings (SSSR count). The molecule has 1 saturated heterocycles. The summed E-state index contributed by atoms with van der Waals surface area (Å²) in [6.45, 7) is 6.47. The fraction of sp³-hybridized carbons (Fsp3) is 0.571. The van der Waals surface area contributed by atoms with Gasteiger partial charge in [0.25, 0.3) is 0 Å². The molecule has 1 aromatic carbocycles. The Balaban J connectivity index is 1.80. The molecule has 2 nitrogen and oxygen atoms in total. The Morgan fingerprint density at radius 2 is 2.12 bits per heavy atom. The first-order chi connectivity index (χ1) is 8.24. The Labute approximate surface area is 108 Å². The predicted octanol–water partition coefficient (Wildman–Crippen LogP) is 3.18. The second-order valence-corrected chi connectivity index (χ2v) is 5.90. The number of nitrogens with one attached hydrogen (secondary N) is 1. The van der Waals surface area contributed by atoms with Crippen LogP contribution in [0, 0.1) is 5.92 Å². The van der Waals surface area contributed by atoms with Gasteiger partial charge in [0.15, 0.2) is 0 Å². The van der Waals surface area contributed by atoms with E-state index in [0.29, 0.717) is 0 Å². The number of thioether (sulfide) groups is 1. The third-order valence-corrected chi connectivity index (χ3v) is 4.09. The molecule has 1 heterocycles. The zero-order chi connectivity index (χ0) is 12.1. The monoisotopic (exact) mass is 251 g/mol. The molecule has 1 unspecified atom stereocenters. The van der Waals surface area contributed by atoms with Gasteiger partial charge in [0.1, 0.15) is 5.75 Å². The number of hydrogen-bond donors (Lipinski definition) is 1. The van der Waals surface area contributed by atoms with E-state index < -0.39 is 0 Å². The Bertz CT molecular complexity index is 331. The van der Waals surface area contributed by atoms with E-state index in [0.717, 1.165) is 11.7 Å². The number of rotatable bonds is 5. The lowest BCUT2D eigenvalue weighted by Crippen LogP contribution is -2.10. The van der Waals surface area contributed by atoms with Crippen LogP contribution in [0.4, 0.5) is 0 Å². The summed E-state index contributed by atoms with van der Waals surface area (Å²) >= 11 is 1.95. The molecule has 1 atom stereocenters. The van der Waals surface area contributed by atoms with Crippen LogP contribution >= 0.6 is 11.8 Å². The fourth-order valence-corrected chi connectivity index (χ4v) is 3.00. The SMILES string of the molecule is CC(C)Oc1ccc(SCC2CCNC2)cc1. The quantitative estimate of drug-likeness (QED) is 0.812. The molecule has 0 amide bonds. The maximum absolute atomic E-state index is 5.63. The van der Waals surface area contributed by atoms with Crippen LogP contribution in [0.2, 0.25) is 0 Å². The van der Waals surface area contributed by atoms with Gasteiger partial charge in [-0.15, -0.1) is 11.8 Å². The minimum atomic E-state index is 0.248. The van der Waals surface area contributed by atoms with Crippen molar-refractivity contribution in [1.82, 2.24) is 5.32 Å². The highest BCUT2D eigenvalue weighted by Gasteiger charge is 2.14. The highest BCUT2D eigenvalue weighted by molar-refractivity contribution is 7.99. The standard InChI is InChI=1S/C14H21NOS/c1-11(2)16-13-3-5-14(6-4-13)17-10-12-7-8-15-9-12/h3-6,11-12,15H,7-10H2,1-2H3. The summed E-state index contributed by atoms with van der Waals surface area (Å²) in [5, 5.41) is 3.41. The molecule has 94 valence electrons. The van der Waals surface area contributed by atoms with E-state index in [1.54, 1.807) is 0 Å². The molecule has 17 heavy (non-hydrogen) atoms. The zero-order valence-corrected chi connectivity index (χ0v) is 11.4. The molecule has 1 fully saturated rings. The maximum atomic E-state index is 5.63. The first kappa shape index (κ1) is 12.8. The zero-order valence-electron chi connectivity index (χ0n) is 10.6. The molecular formula is C14H21NOS. The van der Waals surface area contributed by atoms with E-state index >= 15 is 0 Å². The topological polar surface area (TPSA) is 21.3 Å². The van der Waals surface area contributed by atoms with Gasteiger partial charge >= 0.3 is 0 Å². The summed E-state index contributed by atoms with van der Waals surface area (Å²) in [6.07, 6.45) is 1.57. The largest absolute Gasteiger partial charge is 0.491 e. The molecule has 0 spiro atoms. The lowest BCUT2D eigenvalue weighted by Gasteiger charge is -2.11. The molecule has 3 heteroatoms. The van der Waals surface area contributed by atoms with Crippen LogP contribution in [0.3, 0.4) is 0 Å². The second kappa shape index (κ2) is 6.31. The Morgan fingerprint density at radius 1 is 1.35 bits per heavy atom. The summed E-state index contributed by atoms with van der Waals surface area (Å²) in [4.78, 5) is 1.34. The van der Waals surface area contributed by atoms with Gasteiger partial charge in [-0.25, -0.2) is 0 Å². The highest BCUT2D eigenvalue weighted by atomic mass is 32.2. The molecule has 1 aromatic rings. The normalized spacial score (nSPS) is 19.8. The van der Waals surface area contributed by atoms with E-state index in [1.807, 2.05) is 11.8 Å². The summed E-state index contributed by atoms with van der Waals surface area (Å²) in [5.41, 5.74) is 0. The van der Waals surface area contributed by atoms with Crippen LogP contribution in [0.15, 0.2) is 29.2 Å². The summed E-state index contributed by atoms with van der Waals surface area (Å²) in [6, 6.07) is 8.44. The minimum absolute atomic E-state index is 0.248. The lowest BCUT2D eigenvalue weighted by atomic mass is 10.2. The van der Waals surface area contributed by atoms with Crippen molar-refractivity contribution in [2.75, 3.05) is 18.8 Å². The average molecular weight is 251 g/mol. The van der Waals surface area contributed by atoms with Crippen LogP contribution in [-0.2, 0) is 0 Å². The summed E-state index contributed by atoms with van der Waals surface area (Å²) in [7, 11) is 0. The molecule has 0 bridgehead atoms. The van der Waals surface area contributed by atoms with Crippen molar-refractivity contribution in [3.63, 3.8) is 0 Å². The Hall–Kier alpha value is -0.670. The van der Waals surface area contributed by atoms with Gasteiger partial charge in [0.2, 0.25) is 0 Å². The number of benzene rings is 1. The van der Waals surface area contributed by atoms with Gasteiger partial charge in [-0.05, 0) is 63.5 Å². The number of hydrogen-bond acceptors (Lipinski definition) is 3. The Morgan fingerprint density at radius 3 is 2.71 bits per heavy atom. The summed E-state index contributed by atoms with van der Waals surface area (Å²) in [5.74, 6) is 3.02.